The van der Waals surface area contributed by atoms with Gasteiger partial charge in [0.05, 0.1) is 32.5 Å². The molecule has 170 valence electrons. The van der Waals surface area contributed by atoms with Crippen LogP contribution in [0.25, 0.3) is 0 Å². The number of nitrogens with zero attached hydrogens (tertiary/aromatic N) is 1. The average molecular weight is 447 g/mol. The number of carbonyl (C=O) groups excluding carboxylic acids is 2. The molecule has 0 spiro atoms. The molecule has 0 aliphatic heterocycles. The number of amides is 2. The first-order valence-electron chi connectivity index (χ1n) is 10.2. The summed E-state index contributed by atoms with van der Waals surface area (Å²) in [5.41, 5.74) is 4.65. The first-order chi connectivity index (χ1) is 16.1. The second-order valence-corrected chi connectivity index (χ2v) is 6.90. The van der Waals surface area contributed by atoms with Gasteiger partial charge in [-0.25, -0.2) is 5.43 Å². The zero-order valence-electron chi connectivity index (χ0n) is 18.4. The van der Waals surface area contributed by atoms with E-state index in [0.717, 1.165) is 5.56 Å². The lowest BCUT2D eigenvalue weighted by Gasteiger charge is -2.12. The Labute approximate surface area is 192 Å². The van der Waals surface area contributed by atoms with Gasteiger partial charge in [-0.15, -0.1) is 0 Å². The van der Waals surface area contributed by atoms with E-state index in [1.54, 1.807) is 36.4 Å². The first-order valence-corrected chi connectivity index (χ1v) is 10.2. The van der Waals surface area contributed by atoms with Crippen LogP contribution in [0.1, 0.15) is 11.1 Å². The second-order valence-electron chi connectivity index (χ2n) is 6.90. The van der Waals surface area contributed by atoms with Gasteiger partial charge in [-0.2, -0.15) is 5.10 Å². The maximum Gasteiger partial charge on any atom is 0.262 e. The molecule has 0 aromatic heterocycles. The predicted molar refractivity (Wildman–Crippen MR) is 126 cm³/mol. The summed E-state index contributed by atoms with van der Waals surface area (Å²) in [7, 11) is 3.03. The first kappa shape index (κ1) is 23.3. The molecular formula is C25H25N3O5. The number of benzene rings is 3. The molecule has 0 heterocycles. The summed E-state index contributed by atoms with van der Waals surface area (Å²) in [6.45, 7) is -0.211. The molecule has 8 nitrogen and oxygen atoms in total. The highest BCUT2D eigenvalue weighted by molar-refractivity contribution is 5.93. The van der Waals surface area contributed by atoms with Gasteiger partial charge >= 0.3 is 0 Å². The zero-order valence-corrected chi connectivity index (χ0v) is 18.4. The molecule has 2 N–H and O–H groups in total. The smallest absolute Gasteiger partial charge is 0.262 e. The molecule has 0 aliphatic carbocycles. The van der Waals surface area contributed by atoms with E-state index in [4.69, 9.17) is 14.2 Å². The van der Waals surface area contributed by atoms with Crippen molar-refractivity contribution < 1.29 is 23.8 Å². The van der Waals surface area contributed by atoms with Gasteiger partial charge in [0.1, 0.15) is 5.75 Å². The van der Waals surface area contributed by atoms with Crippen molar-refractivity contribution in [2.75, 3.05) is 26.1 Å². The van der Waals surface area contributed by atoms with Gasteiger partial charge in [-0.3, -0.25) is 9.59 Å². The number of hydrogen-bond donors (Lipinski definition) is 2. The number of ether oxygens (including phenoxy) is 3. The predicted octanol–water partition coefficient (Wildman–Crippen LogP) is 3.41. The highest BCUT2D eigenvalue weighted by atomic mass is 16.5. The topological polar surface area (TPSA) is 98.3 Å². The maximum absolute atomic E-state index is 12.3. The fourth-order valence-corrected chi connectivity index (χ4v) is 2.96. The van der Waals surface area contributed by atoms with Crippen LogP contribution in [0.5, 0.6) is 17.2 Å². The summed E-state index contributed by atoms with van der Waals surface area (Å²) >= 11 is 0. The Bertz CT molecular complexity index is 1120. The molecule has 2 amide bonds. The highest BCUT2D eigenvalue weighted by Gasteiger charge is 2.11. The molecule has 0 bridgehead atoms. The summed E-state index contributed by atoms with van der Waals surface area (Å²) < 4.78 is 16.2. The number of rotatable bonds is 10. The Morgan fingerprint density at radius 1 is 0.848 bits per heavy atom. The quantitative estimate of drug-likeness (QED) is 0.367. The van der Waals surface area contributed by atoms with Gasteiger partial charge in [0.25, 0.3) is 5.91 Å². The number of para-hydroxylation sites is 2. The lowest BCUT2D eigenvalue weighted by molar-refractivity contribution is -0.120. The van der Waals surface area contributed by atoms with Gasteiger partial charge in [0.2, 0.25) is 5.91 Å². The van der Waals surface area contributed by atoms with Crippen molar-refractivity contribution in [2.24, 2.45) is 5.10 Å². The fourth-order valence-electron chi connectivity index (χ4n) is 2.96. The van der Waals surface area contributed by atoms with Crippen LogP contribution in [0.15, 0.2) is 77.9 Å². The largest absolute Gasteiger partial charge is 0.495 e. The van der Waals surface area contributed by atoms with Crippen LogP contribution in [0.2, 0.25) is 0 Å². The van der Waals surface area contributed by atoms with Gasteiger partial charge in [0, 0.05) is 0 Å². The Morgan fingerprint density at radius 2 is 1.58 bits per heavy atom. The van der Waals surface area contributed by atoms with Crippen molar-refractivity contribution in [1.29, 1.82) is 0 Å². The number of hydrazone groups is 1. The molecule has 0 unspecified atom stereocenters. The van der Waals surface area contributed by atoms with Gasteiger partial charge in [-0.05, 0) is 41.5 Å². The SMILES string of the molecule is COc1ccccc1NC(=O)COc1ccc(/C=N\NC(=O)Cc2ccccc2)cc1OC. The van der Waals surface area contributed by atoms with Crippen molar-refractivity contribution in [3.63, 3.8) is 0 Å². The molecule has 0 aliphatic rings. The number of carbonyl (C=O) groups is 2. The monoisotopic (exact) mass is 447 g/mol. The Kier molecular flexibility index (Phi) is 8.41. The van der Waals surface area contributed by atoms with E-state index in [0.29, 0.717) is 28.5 Å². The number of anilines is 1. The van der Waals surface area contributed by atoms with E-state index in [-0.39, 0.29) is 24.8 Å². The van der Waals surface area contributed by atoms with Crippen molar-refractivity contribution in [2.45, 2.75) is 6.42 Å². The average Bonchev–Trinajstić information content (AvgIpc) is 2.84. The molecule has 0 saturated heterocycles. The third-order valence-corrected chi connectivity index (χ3v) is 4.54. The molecule has 33 heavy (non-hydrogen) atoms. The van der Waals surface area contributed by atoms with Crippen LogP contribution < -0.4 is 25.0 Å². The lowest BCUT2D eigenvalue weighted by Crippen LogP contribution is -2.20. The Morgan fingerprint density at radius 3 is 2.33 bits per heavy atom. The maximum atomic E-state index is 12.3. The third kappa shape index (κ3) is 7.10. The standard InChI is InChI=1S/C25H25N3O5/c1-31-21-11-7-6-10-20(21)27-25(30)17-33-22-13-12-19(14-23(22)32-2)16-26-28-24(29)15-18-8-4-3-5-9-18/h3-14,16H,15,17H2,1-2H3,(H,27,30)(H,28,29)/b26-16-. The Hall–Kier alpha value is -4.33. The minimum Gasteiger partial charge on any atom is -0.495 e. The number of nitrogens with one attached hydrogen (secondary N) is 2. The van der Waals surface area contributed by atoms with Gasteiger partial charge < -0.3 is 19.5 Å². The van der Waals surface area contributed by atoms with E-state index < -0.39 is 0 Å². The van der Waals surface area contributed by atoms with E-state index >= 15 is 0 Å². The third-order valence-electron chi connectivity index (χ3n) is 4.54. The molecule has 3 aromatic carbocycles. The Balaban J connectivity index is 1.54. The molecular weight excluding hydrogens is 422 g/mol. The fraction of sp³-hybridized carbons (Fsp3) is 0.160. The van der Waals surface area contributed by atoms with E-state index in [1.165, 1.54) is 20.4 Å². The van der Waals surface area contributed by atoms with Crippen LogP contribution >= 0.6 is 0 Å². The van der Waals surface area contributed by atoms with Crippen molar-refractivity contribution in [3.8, 4) is 17.2 Å². The van der Waals surface area contributed by atoms with Gasteiger partial charge in [-0.1, -0.05) is 42.5 Å². The van der Waals surface area contributed by atoms with Crippen LogP contribution in [-0.2, 0) is 16.0 Å². The van der Waals surface area contributed by atoms with Crippen molar-refractivity contribution >= 4 is 23.7 Å². The van der Waals surface area contributed by atoms with E-state index in [2.05, 4.69) is 15.8 Å². The summed E-state index contributed by atoms with van der Waals surface area (Å²) in [6, 6.07) is 21.6. The number of hydrogen-bond acceptors (Lipinski definition) is 6. The zero-order chi connectivity index (χ0) is 23.5. The highest BCUT2D eigenvalue weighted by Crippen LogP contribution is 2.28. The lowest BCUT2D eigenvalue weighted by atomic mass is 10.1. The molecule has 0 saturated carbocycles. The summed E-state index contributed by atoms with van der Waals surface area (Å²) in [6.07, 6.45) is 1.74. The molecule has 3 aromatic rings. The number of methoxy groups -OCH3 is 2. The molecule has 0 radical (unpaired) electrons. The molecule has 8 heteroatoms. The van der Waals surface area contributed by atoms with Crippen LogP contribution in [0, 0.1) is 0 Å². The summed E-state index contributed by atoms with van der Waals surface area (Å²) in [4.78, 5) is 24.2. The normalized spacial score (nSPS) is 10.5. The van der Waals surface area contributed by atoms with Crippen molar-refractivity contribution in [1.82, 2.24) is 5.43 Å². The molecule has 0 fully saturated rings. The molecule has 0 atom stereocenters. The minimum absolute atomic E-state index is 0.211. The van der Waals surface area contributed by atoms with Crippen molar-refractivity contribution in [3.05, 3.63) is 83.9 Å². The minimum atomic E-state index is -0.340. The summed E-state index contributed by atoms with van der Waals surface area (Å²) in [5, 5.41) is 6.73. The molecule has 3 rings (SSSR count). The van der Waals surface area contributed by atoms with Crippen LogP contribution in [-0.4, -0.2) is 38.9 Å². The summed E-state index contributed by atoms with van der Waals surface area (Å²) in [5.74, 6) is 0.833. The van der Waals surface area contributed by atoms with E-state index in [9.17, 15) is 9.59 Å². The second kappa shape index (κ2) is 11.9. The van der Waals surface area contributed by atoms with Gasteiger partial charge in [0.15, 0.2) is 18.1 Å². The van der Waals surface area contributed by atoms with E-state index in [1.807, 2.05) is 36.4 Å². The van der Waals surface area contributed by atoms with Crippen LogP contribution in [0.4, 0.5) is 5.69 Å². The van der Waals surface area contributed by atoms with Crippen LogP contribution in [0.3, 0.4) is 0 Å².